The lowest BCUT2D eigenvalue weighted by molar-refractivity contribution is 0.823. The summed E-state index contributed by atoms with van der Waals surface area (Å²) in [4.78, 5) is 11.8. The quantitative estimate of drug-likeness (QED) is 0.793. The van der Waals surface area contributed by atoms with Gasteiger partial charge in [0.2, 0.25) is 0 Å². The minimum atomic E-state index is 0.124. The van der Waals surface area contributed by atoms with Crippen LogP contribution in [0.5, 0.6) is 0 Å². The van der Waals surface area contributed by atoms with Crippen LogP contribution in [0.2, 0.25) is 0 Å². The van der Waals surface area contributed by atoms with Crippen LogP contribution in [0.15, 0.2) is 59.6 Å². The summed E-state index contributed by atoms with van der Waals surface area (Å²) in [6.45, 7) is 3.03. The lowest BCUT2D eigenvalue weighted by Crippen LogP contribution is -2.35. The van der Waals surface area contributed by atoms with Crippen molar-refractivity contribution >= 4 is 34.3 Å². The van der Waals surface area contributed by atoms with Gasteiger partial charge in [-0.3, -0.25) is 0 Å². The van der Waals surface area contributed by atoms with Crippen LogP contribution in [-0.2, 0) is 0 Å². The molecule has 1 unspecified atom stereocenters. The number of hydrogen-bond donors (Lipinski definition) is 1. The lowest BCUT2D eigenvalue weighted by atomic mass is 10.3. The summed E-state index contributed by atoms with van der Waals surface area (Å²) in [5.74, 6) is 0.972. The molecule has 1 aliphatic heterocycles. The molecule has 1 aliphatic rings. The van der Waals surface area contributed by atoms with E-state index in [1.165, 1.54) is 0 Å². The molecule has 0 aliphatic carbocycles. The third kappa shape index (κ3) is 2.27. The summed E-state index contributed by atoms with van der Waals surface area (Å²) in [5.41, 5.74) is 3.13. The Morgan fingerprint density at radius 2 is 1.68 bits per heavy atom. The van der Waals surface area contributed by atoms with Crippen molar-refractivity contribution in [3.05, 3.63) is 54.6 Å². The number of nitrogens with zero attached hydrogens (tertiary/aromatic N) is 3. The molecule has 4 rings (SSSR count). The van der Waals surface area contributed by atoms with Gasteiger partial charge in [-0.15, -0.1) is 0 Å². The third-order valence-corrected chi connectivity index (χ3v) is 4.80. The predicted molar refractivity (Wildman–Crippen MR) is 92.3 cm³/mol. The Hall–Kier alpha value is -2.27. The van der Waals surface area contributed by atoms with Crippen molar-refractivity contribution < 1.29 is 0 Å². The van der Waals surface area contributed by atoms with E-state index >= 15 is 0 Å². The fraction of sp³-hybridized carbons (Fsp3) is 0.176. The van der Waals surface area contributed by atoms with Crippen LogP contribution in [0.4, 0.5) is 11.5 Å². The molecule has 5 heteroatoms. The van der Waals surface area contributed by atoms with Crippen molar-refractivity contribution in [2.75, 3.05) is 16.8 Å². The summed E-state index contributed by atoms with van der Waals surface area (Å²) in [6, 6.07) is 18.3. The van der Waals surface area contributed by atoms with Crippen molar-refractivity contribution in [1.82, 2.24) is 9.97 Å². The number of benzene rings is 2. The highest BCUT2D eigenvalue weighted by molar-refractivity contribution is 8.00. The van der Waals surface area contributed by atoms with Gasteiger partial charge in [0.15, 0.2) is 11.3 Å². The Balaban J connectivity index is 1.70. The van der Waals surface area contributed by atoms with Gasteiger partial charge in [-0.05, 0) is 31.2 Å². The maximum absolute atomic E-state index is 4.80. The first-order chi connectivity index (χ1) is 10.8. The zero-order valence-electron chi connectivity index (χ0n) is 12.2. The smallest absolute Gasteiger partial charge is 0.164 e. The van der Waals surface area contributed by atoms with Gasteiger partial charge in [-0.2, -0.15) is 0 Å². The predicted octanol–water partition coefficient (Wildman–Crippen LogP) is 3.96. The molecule has 0 saturated heterocycles. The Bertz CT molecular complexity index is 806. The van der Waals surface area contributed by atoms with E-state index in [-0.39, 0.29) is 5.50 Å². The third-order valence-electron chi connectivity index (χ3n) is 3.70. The topological polar surface area (TPSA) is 41.1 Å². The standard InChI is InChI=1S/C17H16N4S/c1-2-21-15-16(20-14-11-7-6-10-13(14)19-15)22-17(21)18-12-8-4-3-5-9-12/h3-11,17-18H,2H2,1H3. The molecule has 0 radical (unpaired) electrons. The summed E-state index contributed by atoms with van der Waals surface area (Å²) >= 11 is 1.72. The minimum absolute atomic E-state index is 0.124. The fourth-order valence-electron chi connectivity index (χ4n) is 2.62. The van der Waals surface area contributed by atoms with Crippen LogP contribution in [-0.4, -0.2) is 22.0 Å². The van der Waals surface area contributed by atoms with E-state index in [0.717, 1.165) is 34.1 Å². The molecule has 1 N–H and O–H groups in total. The molecule has 0 saturated carbocycles. The number of aromatic nitrogens is 2. The van der Waals surface area contributed by atoms with Gasteiger partial charge in [0.25, 0.3) is 0 Å². The average molecular weight is 308 g/mol. The molecule has 1 atom stereocenters. The van der Waals surface area contributed by atoms with E-state index in [0.29, 0.717) is 0 Å². The maximum Gasteiger partial charge on any atom is 0.164 e. The number of hydrogen-bond acceptors (Lipinski definition) is 5. The van der Waals surface area contributed by atoms with Crippen molar-refractivity contribution in [3.8, 4) is 0 Å². The molecule has 4 nitrogen and oxygen atoms in total. The molecule has 2 aromatic carbocycles. The Morgan fingerprint density at radius 3 is 2.41 bits per heavy atom. The first-order valence-electron chi connectivity index (χ1n) is 7.37. The number of para-hydroxylation sites is 3. The number of nitrogens with one attached hydrogen (secondary N) is 1. The Labute approximate surface area is 133 Å². The first-order valence-corrected chi connectivity index (χ1v) is 8.25. The monoisotopic (exact) mass is 308 g/mol. The molecule has 110 valence electrons. The summed E-state index contributed by atoms with van der Waals surface area (Å²) < 4.78 is 0. The van der Waals surface area contributed by atoms with Crippen LogP contribution in [0, 0.1) is 0 Å². The highest BCUT2D eigenvalue weighted by atomic mass is 32.2. The van der Waals surface area contributed by atoms with Crippen LogP contribution < -0.4 is 10.2 Å². The molecule has 0 bridgehead atoms. The highest BCUT2D eigenvalue weighted by Gasteiger charge is 2.32. The van der Waals surface area contributed by atoms with E-state index in [9.17, 15) is 0 Å². The second-order valence-electron chi connectivity index (χ2n) is 5.11. The van der Waals surface area contributed by atoms with Crippen molar-refractivity contribution in [1.29, 1.82) is 0 Å². The molecule has 2 heterocycles. The normalized spacial score (nSPS) is 16.8. The molecule has 0 spiro atoms. The van der Waals surface area contributed by atoms with Gasteiger partial charge in [0.1, 0.15) is 5.03 Å². The van der Waals surface area contributed by atoms with E-state index in [1.807, 2.05) is 42.5 Å². The van der Waals surface area contributed by atoms with Crippen molar-refractivity contribution in [3.63, 3.8) is 0 Å². The molecule has 3 aromatic rings. The van der Waals surface area contributed by atoms with E-state index in [4.69, 9.17) is 9.97 Å². The zero-order chi connectivity index (χ0) is 14.9. The second kappa shape index (κ2) is 5.50. The van der Waals surface area contributed by atoms with Gasteiger partial charge in [-0.25, -0.2) is 9.97 Å². The van der Waals surface area contributed by atoms with Crippen LogP contribution in [0.3, 0.4) is 0 Å². The van der Waals surface area contributed by atoms with E-state index < -0.39 is 0 Å². The Morgan fingerprint density at radius 1 is 1.00 bits per heavy atom. The Kier molecular flexibility index (Phi) is 3.35. The maximum atomic E-state index is 4.80. The summed E-state index contributed by atoms with van der Waals surface area (Å²) in [6.07, 6.45) is 0. The molecule has 1 aromatic heterocycles. The minimum Gasteiger partial charge on any atom is -0.356 e. The van der Waals surface area contributed by atoms with Crippen LogP contribution in [0.25, 0.3) is 11.0 Å². The van der Waals surface area contributed by atoms with Crippen LogP contribution in [0.1, 0.15) is 6.92 Å². The van der Waals surface area contributed by atoms with Gasteiger partial charge in [-0.1, -0.05) is 42.1 Å². The molecular formula is C17H16N4S. The second-order valence-corrected chi connectivity index (χ2v) is 6.18. The first kappa shape index (κ1) is 13.4. The van der Waals surface area contributed by atoms with Crippen molar-refractivity contribution in [2.45, 2.75) is 17.4 Å². The SMILES string of the molecule is CCN1c2nc3ccccc3nc2SC1Nc1ccccc1. The van der Waals surface area contributed by atoms with Gasteiger partial charge < -0.3 is 10.2 Å². The number of fused-ring (bicyclic) bond motifs is 2. The van der Waals surface area contributed by atoms with Gasteiger partial charge in [0.05, 0.1) is 11.0 Å². The molecule has 0 fully saturated rings. The van der Waals surface area contributed by atoms with E-state index in [1.54, 1.807) is 11.8 Å². The number of anilines is 2. The average Bonchev–Trinajstić information content (AvgIpc) is 2.89. The van der Waals surface area contributed by atoms with Gasteiger partial charge >= 0.3 is 0 Å². The summed E-state index contributed by atoms with van der Waals surface area (Å²) in [5, 5.41) is 4.55. The molecule has 0 amide bonds. The number of rotatable bonds is 3. The number of thioether (sulfide) groups is 1. The zero-order valence-corrected chi connectivity index (χ0v) is 13.0. The molecule has 22 heavy (non-hydrogen) atoms. The van der Waals surface area contributed by atoms with Gasteiger partial charge in [0, 0.05) is 12.2 Å². The van der Waals surface area contributed by atoms with E-state index in [2.05, 4.69) is 29.3 Å². The largest absolute Gasteiger partial charge is 0.356 e. The van der Waals surface area contributed by atoms with Crippen LogP contribution >= 0.6 is 11.8 Å². The molecular weight excluding hydrogens is 292 g/mol. The lowest BCUT2D eigenvalue weighted by Gasteiger charge is -2.25. The summed E-state index contributed by atoms with van der Waals surface area (Å²) in [7, 11) is 0. The van der Waals surface area contributed by atoms with Crippen molar-refractivity contribution in [2.24, 2.45) is 0 Å². The fourth-order valence-corrected chi connectivity index (χ4v) is 3.82. The highest BCUT2D eigenvalue weighted by Crippen LogP contribution is 2.41.